The molecule has 1 aliphatic carbocycles. The van der Waals surface area contributed by atoms with E-state index in [4.69, 9.17) is 4.74 Å². The zero-order valence-corrected chi connectivity index (χ0v) is 10.9. The minimum absolute atomic E-state index is 0.0593. The second kappa shape index (κ2) is 6.95. The van der Waals surface area contributed by atoms with Gasteiger partial charge in [0.05, 0.1) is 6.10 Å². The molecule has 0 aromatic heterocycles. The number of nitrogens with one attached hydrogen (secondary N) is 1. The Bertz CT molecular complexity index is 269. The third-order valence-electron chi connectivity index (χ3n) is 3.48. The average Bonchev–Trinajstić information content (AvgIpc) is 3.17. The van der Waals surface area contributed by atoms with Gasteiger partial charge in [-0.2, -0.15) is 0 Å². The highest BCUT2D eigenvalue weighted by molar-refractivity contribution is 5.74. The van der Waals surface area contributed by atoms with Crippen LogP contribution in [0.4, 0.5) is 4.79 Å². The molecule has 104 valence electrons. The summed E-state index contributed by atoms with van der Waals surface area (Å²) in [6.45, 7) is 3.47. The van der Waals surface area contributed by atoms with Crippen molar-refractivity contribution in [1.29, 1.82) is 0 Å². The highest BCUT2D eigenvalue weighted by Crippen LogP contribution is 2.28. The van der Waals surface area contributed by atoms with Crippen molar-refractivity contribution in [2.75, 3.05) is 32.8 Å². The number of carbonyl (C=O) groups is 1. The van der Waals surface area contributed by atoms with Crippen LogP contribution in [0.15, 0.2) is 0 Å². The van der Waals surface area contributed by atoms with Crippen LogP contribution >= 0.6 is 0 Å². The van der Waals surface area contributed by atoms with Crippen molar-refractivity contribution in [3.63, 3.8) is 0 Å². The first-order chi connectivity index (χ1) is 8.75. The van der Waals surface area contributed by atoms with Gasteiger partial charge in [0.1, 0.15) is 0 Å². The number of urea groups is 1. The molecule has 2 amide bonds. The number of aliphatic hydroxyl groups is 1. The molecule has 5 nitrogen and oxygen atoms in total. The molecular formula is C13H24N2O3. The summed E-state index contributed by atoms with van der Waals surface area (Å²) in [6.07, 6.45) is 4.82. The molecule has 1 unspecified atom stereocenters. The summed E-state index contributed by atoms with van der Waals surface area (Å²) in [5.74, 6) is 0.800. The molecule has 0 bridgehead atoms. The normalized spacial score (nSPS) is 24.1. The molecule has 0 aromatic carbocycles. The molecule has 0 aromatic rings. The molecule has 1 saturated heterocycles. The summed E-state index contributed by atoms with van der Waals surface area (Å²) < 4.78 is 5.50. The number of aliphatic hydroxyl groups excluding tert-OH is 1. The van der Waals surface area contributed by atoms with Gasteiger partial charge in [-0.05, 0) is 38.0 Å². The van der Waals surface area contributed by atoms with E-state index < -0.39 is 0 Å². The maximum atomic E-state index is 11.8. The molecule has 1 saturated carbocycles. The number of carbonyl (C=O) groups excluding carboxylic acids is 1. The summed E-state index contributed by atoms with van der Waals surface area (Å²) in [5.41, 5.74) is 0. The third-order valence-corrected chi connectivity index (χ3v) is 3.48. The lowest BCUT2D eigenvalue weighted by Gasteiger charge is -2.30. The number of ether oxygens (including phenoxy) is 1. The minimum Gasteiger partial charge on any atom is -0.391 e. The van der Waals surface area contributed by atoms with Crippen molar-refractivity contribution in [2.24, 2.45) is 5.92 Å². The summed E-state index contributed by atoms with van der Waals surface area (Å²) in [4.78, 5) is 13.5. The first-order valence-corrected chi connectivity index (χ1v) is 7.04. The Labute approximate surface area is 108 Å². The zero-order chi connectivity index (χ0) is 12.8. The summed E-state index contributed by atoms with van der Waals surface area (Å²) in [7, 11) is 0. The van der Waals surface area contributed by atoms with Crippen LogP contribution in [0.2, 0.25) is 0 Å². The van der Waals surface area contributed by atoms with Crippen LogP contribution < -0.4 is 5.32 Å². The second-order valence-corrected chi connectivity index (χ2v) is 5.35. The molecule has 18 heavy (non-hydrogen) atoms. The van der Waals surface area contributed by atoms with Gasteiger partial charge >= 0.3 is 6.03 Å². The van der Waals surface area contributed by atoms with Crippen LogP contribution in [0.1, 0.15) is 32.1 Å². The van der Waals surface area contributed by atoms with Crippen LogP contribution in [0.25, 0.3) is 0 Å². The Morgan fingerprint density at radius 3 is 2.94 bits per heavy atom. The number of β-amino-alcohol motifs (C(OH)–C–C–N with tert-alkyl or cyclic N) is 1. The molecule has 1 atom stereocenters. The molecule has 2 aliphatic rings. The molecular weight excluding hydrogens is 232 g/mol. The Morgan fingerprint density at radius 2 is 2.22 bits per heavy atom. The molecule has 1 aliphatic heterocycles. The van der Waals surface area contributed by atoms with Gasteiger partial charge in [0.25, 0.3) is 0 Å². The van der Waals surface area contributed by atoms with Crippen LogP contribution in [-0.2, 0) is 4.74 Å². The third kappa shape index (κ3) is 4.82. The SMILES string of the molecule is O=C(NCCCOCC1CC1)N1CCCC(O)C1. The molecule has 2 N–H and O–H groups in total. The minimum atomic E-state index is -0.355. The van der Waals surface area contributed by atoms with Gasteiger partial charge in [0.15, 0.2) is 0 Å². The number of hydrogen-bond acceptors (Lipinski definition) is 3. The van der Waals surface area contributed by atoms with Crippen LogP contribution in [-0.4, -0.2) is 55.0 Å². The maximum Gasteiger partial charge on any atom is 0.317 e. The summed E-state index contributed by atoms with van der Waals surface area (Å²) in [6, 6.07) is -0.0593. The van der Waals surface area contributed by atoms with Gasteiger partial charge in [-0.15, -0.1) is 0 Å². The van der Waals surface area contributed by atoms with Gasteiger partial charge in [0, 0.05) is 32.8 Å². The van der Waals surface area contributed by atoms with E-state index in [0.717, 1.165) is 44.9 Å². The highest BCUT2D eigenvalue weighted by atomic mass is 16.5. The first kappa shape index (κ1) is 13.6. The molecule has 0 radical (unpaired) electrons. The number of amides is 2. The number of nitrogens with zero attached hydrogens (tertiary/aromatic N) is 1. The Kier molecular flexibility index (Phi) is 5.26. The summed E-state index contributed by atoms with van der Waals surface area (Å²) >= 11 is 0. The number of likely N-dealkylation sites (tertiary alicyclic amines) is 1. The lowest BCUT2D eigenvalue weighted by molar-refractivity contribution is 0.0835. The smallest absolute Gasteiger partial charge is 0.317 e. The monoisotopic (exact) mass is 256 g/mol. The van der Waals surface area contributed by atoms with Crippen molar-refractivity contribution in [3.8, 4) is 0 Å². The average molecular weight is 256 g/mol. The quantitative estimate of drug-likeness (QED) is 0.696. The van der Waals surface area contributed by atoms with E-state index in [1.54, 1.807) is 4.90 Å². The predicted octanol–water partition coefficient (Wildman–Crippen LogP) is 0.969. The molecule has 5 heteroatoms. The van der Waals surface area contributed by atoms with Gasteiger partial charge < -0.3 is 20.1 Å². The second-order valence-electron chi connectivity index (χ2n) is 5.35. The standard InChI is InChI=1S/C13H24N2O3/c16-12-3-1-7-15(9-12)13(17)14-6-2-8-18-10-11-4-5-11/h11-12,16H,1-10H2,(H,14,17). The fraction of sp³-hybridized carbons (Fsp3) is 0.923. The number of rotatable bonds is 6. The van der Waals surface area contributed by atoms with Crippen molar-refractivity contribution in [2.45, 2.75) is 38.2 Å². The van der Waals surface area contributed by atoms with E-state index in [1.165, 1.54) is 12.8 Å². The van der Waals surface area contributed by atoms with E-state index in [9.17, 15) is 9.90 Å². The number of piperidine rings is 1. The molecule has 1 heterocycles. The summed E-state index contributed by atoms with van der Waals surface area (Å²) in [5, 5.41) is 12.4. The van der Waals surface area contributed by atoms with E-state index in [2.05, 4.69) is 5.32 Å². The van der Waals surface area contributed by atoms with Gasteiger partial charge in [-0.25, -0.2) is 4.79 Å². The van der Waals surface area contributed by atoms with Gasteiger partial charge in [0.2, 0.25) is 0 Å². The van der Waals surface area contributed by atoms with Crippen molar-refractivity contribution in [1.82, 2.24) is 10.2 Å². The first-order valence-electron chi connectivity index (χ1n) is 7.04. The van der Waals surface area contributed by atoms with Crippen molar-refractivity contribution in [3.05, 3.63) is 0 Å². The lowest BCUT2D eigenvalue weighted by Crippen LogP contribution is -2.47. The molecule has 2 fully saturated rings. The molecule has 0 spiro atoms. The van der Waals surface area contributed by atoms with Crippen LogP contribution in [0.5, 0.6) is 0 Å². The lowest BCUT2D eigenvalue weighted by atomic mass is 10.1. The van der Waals surface area contributed by atoms with Crippen LogP contribution in [0.3, 0.4) is 0 Å². The zero-order valence-electron chi connectivity index (χ0n) is 10.9. The fourth-order valence-electron chi connectivity index (χ4n) is 2.16. The number of hydrogen-bond donors (Lipinski definition) is 2. The van der Waals surface area contributed by atoms with E-state index in [0.29, 0.717) is 13.1 Å². The van der Waals surface area contributed by atoms with Crippen molar-refractivity contribution >= 4 is 6.03 Å². The highest BCUT2D eigenvalue weighted by Gasteiger charge is 2.22. The Balaban J connectivity index is 1.48. The van der Waals surface area contributed by atoms with Gasteiger partial charge in [-0.1, -0.05) is 0 Å². The van der Waals surface area contributed by atoms with Gasteiger partial charge in [-0.3, -0.25) is 0 Å². The Morgan fingerprint density at radius 1 is 1.39 bits per heavy atom. The Hall–Kier alpha value is -0.810. The van der Waals surface area contributed by atoms with E-state index in [-0.39, 0.29) is 12.1 Å². The predicted molar refractivity (Wildman–Crippen MR) is 68.4 cm³/mol. The van der Waals surface area contributed by atoms with Crippen LogP contribution in [0, 0.1) is 5.92 Å². The molecule has 2 rings (SSSR count). The van der Waals surface area contributed by atoms with E-state index in [1.807, 2.05) is 0 Å². The fourth-order valence-corrected chi connectivity index (χ4v) is 2.16. The topological polar surface area (TPSA) is 61.8 Å². The largest absolute Gasteiger partial charge is 0.391 e. The van der Waals surface area contributed by atoms with Crippen molar-refractivity contribution < 1.29 is 14.6 Å². The van der Waals surface area contributed by atoms with E-state index >= 15 is 0 Å². The maximum absolute atomic E-state index is 11.8.